The Bertz CT molecular complexity index is 178. The number of hydrogen-bond acceptors (Lipinski definition) is 3. The molecule has 0 rings (SSSR count). The van der Waals surface area contributed by atoms with Gasteiger partial charge in [0.05, 0.1) is 0 Å². The number of hydrogen-bond donors (Lipinski definition) is 2. The van der Waals surface area contributed by atoms with E-state index in [0.29, 0.717) is 18.7 Å². The van der Waals surface area contributed by atoms with Gasteiger partial charge in [-0.2, -0.15) is 0 Å². The fourth-order valence-corrected chi connectivity index (χ4v) is 1.25. The summed E-state index contributed by atoms with van der Waals surface area (Å²) in [7, 11) is 0. The lowest BCUT2D eigenvalue weighted by Gasteiger charge is -2.17. The maximum Gasteiger partial charge on any atom is 0.137 e. The quantitative estimate of drug-likeness (QED) is 0.620. The second-order valence-electron chi connectivity index (χ2n) is 3.82. The van der Waals surface area contributed by atoms with Gasteiger partial charge in [-0.25, -0.2) is 0 Å². The highest BCUT2D eigenvalue weighted by Crippen LogP contribution is 2.07. The van der Waals surface area contributed by atoms with Gasteiger partial charge in [0.1, 0.15) is 5.78 Å². The molecular formula is C11H22N2O. The number of nitrogens with two attached hydrogens (primary N) is 1. The predicted molar refractivity (Wildman–Crippen MR) is 59.9 cm³/mol. The molecule has 0 saturated heterocycles. The van der Waals surface area contributed by atoms with Crippen LogP contribution in [-0.2, 0) is 4.79 Å². The topological polar surface area (TPSA) is 55.1 Å². The third-order valence-electron chi connectivity index (χ3n) is 2.20. The van der Waals surface area contributed by atoms with E-state index in [1.54, 1.807) is 6.20 Å². The average molecular weight is 198 g/mol. The molecular weight excluding hydrogens is 176 g/mol. The van der Waals surface area contributed by atoms with E-state index in [2.05, 4.69) is 11.9 Å². The summed E-state index contributed by atoms with van der Waals surface area (Å²) < 4.78 is 0. The van der Waals surface area contributed by atoms with Crippen molar-refractivity contribution in [2.45, 2.75) is 39.2 Å². The number of nitrogens with one attached hydrogen (secondary N) is 1. The van der Waals surface area contributed by atoms with Crippen LogP contribution < -0.4 is 11.1 Å². The van der Waals surface area contributed by atoms with Crippen LogP contribution in [0.2, 0.25) is 0 Å². The first-order valence-corrected chi connectivity index (χ1v) is 5.21. The summed E-state index contributed by atoms with van der Waals surface area (Å²) >= 11 is 0. The Labute approximate surface area is 86.8 Å². The van der Waals surface area contributed by atoms with Crippen LogP contribution >= 0.6 is 0 Å². The fraction of sp³-hybridized carbons (Fsp3) is 0.727. The summed E-state index contributed by atoms with van der Waals surface area (Å²) in [6.07, 6.45) is 4.09. The Morgan fingerprint density at radius 3 is 2.64 bits per heavy atom. The van der Waals surface area contributed by atoms with Gasteiger partial charge >= 0.3 is 0 Å². The van der Waals surface area contributed by atoms with E-state index in [9.17, 15) is 4.79 Å². The molecule has 1 unspecified atom stereocenters. The van der Waals surface area contributed by atoms with E-state index in [1.165, 1.54) is 0 Å². The van der Waals surface area contributed by atoms with Crippen molar-refractivity contribution in [2.75, 3.05) is 6.54 Å². The van der Waals surface area contributed by atoms with Crippen molar-refractivity contribution in [3.05, 3.63) is 12.8 Å². The normalized spacial score (nSPS) is 12.6. The second-order valence-corrected chi connectivity index (χ2v) is 3.82. The first kappa shape index (κ1) is 13.2. The third-order valence-corrected chi connectivity index (χ3v) is 2.20. The molecule has 0 amide bonds. The molecule has 0 aliphatic rings. The zero-order valence-corrected chi connectivity index (χ0v) is 9.25. The van der Waals surface area contributed by atoms with Crippen LogP contribution in [-0.4, -0.2) is 18.4 Å². The molecule has 0 aromatic heterocycles. The molecule has 0 saturated carbocycles. The summed E-state index contributed by atoms with van der Waals surface area (Å²) in [6, 6.07) is 0.200. The van der Waals surface area contributed by atoms with Crippen molar-refractivity contribution in [3.8, 4) is 0 Å². The third kappa shape index (κ3) is 5.75. The highest BCUT2D eigenvalue weighted by Gasteiger charge is 2.14. The van der Waals surface area contributed by atoms with E-state index < -0.39 is 0 Å². The molecule has 0 aliphatic carbocycles. The molecule has 0 bridgehead atoms. The molecule has 0 fully saturated rings. The minimum Gasteiger partial charge on any atom is -0.388 e. The van der Waals surface area contributed by atoms with Crippen molar-refractivity contribution in [1.29, 1.82) is 0 Å². The van der Waals surface area contributed by atoms with Crippen molar-refractivity contribution in [2.24, 2.45) is 11.7 Å². The SMILES string of the molecule is C=CNC(CCCN)CC(=O)C(C)C. The van der Waals surface area contributed by atoms with Gasteiger partial charge in [0.25, 0.3) is 0 Å². The van der Waals surface area contributed by atoms with E-state index in [4.69, 9.17) is 5.73 Å². The Morgan fingerprint density at radius 2 is 2.21 bits per heavy atom. The molecule has 0 heterocycles. The first-order chi connectivity index (χ1) is 6.61. The second kappa shape index (κ2) is 7.56. The summed E-state index contributed by atoms with van der Waals surface area (Å²) in [4.78, 5) is 11.5. The van der Waals surface area contributed by atoms with Crippen LogP contribution in [0.15, 0.2) is 12.8 Å². The van der Waals surface area contributed by atoms with Gasteiger partial charge in [0.2, 0.25) is 0 Å². The van der Waals surface area contributed by atoms with Crippen LogP contribution in [0.1, 0.15) is 33.1 Å². The lowest BCUT2D eigenvalue weighted by atomic mass is 9.99. The molecule has 3 N–H and O–H groups in total. The minimum atomic E-state index is 0.113. The molecule has 0 aromatic rings. The molecule has 0 aliphatic heterocycles. The van der Waals surface area contributed by atoms with Gasteiger partial charge in [-0.05, 0) is 25.6 Å². The lowest BCUT2D eigenvalue weighted by Crippen LogP contribution is -2.29. The predicted octanol–water partition coefficient (Wildman–Crippen LogP) is 1.44. The Balaban J connectivity index is 3.94. The summed E-state index contributed by atoms with van der Waals surface area (Å²) in [6.45, 7) is 8.13. The molecule has 3 nitrogen and oxygen atoms in total. The maximum atomic E-state index is 11.5. The van der Waals surface area contributed by atoms with Gasteiger partial charge in [0, 0.05) is 18.4 Å². The Hall–Kier alpha value is -0.830. The zero-order chi connectivity index (χ0) is 11.0. The van der Waals surface area contributed by atoms with Crippen LogP contribution in [0, 0.1) is 5.92 Å². The van der Waals surface area contributed by atoms with Gasteiger partial charge in [0.15, 0.2) is 0 Å². The molecule has 1 atom stereocenters. The fourth-order valence-electron chi connectivity index (χ4n) is 1.25. The largest absolute Gasteiger partial charge is 0.388 e. The van der Waals surface area contributed by atoms with Gasteiger partial charge < -0.3 is 11.1 Å². The minimum absolute atomic E-state index is 0.113. The van der Waals surface area contributed by atoms with Crippen LogP contribution in [0.5, 0.6) is 0 Å². The van der Waals surface area contributed by atoms with E-state index in [-0.39, 0.29) is 12.0 Å². The smallest absolute Gasteiger partial charge is 0.137 e. The number of rotatable bonds is 8. The monoisotopic (exact) mass is 198 g/mol. The Kier molecular flexibility index (Phi) is 7.11. The molecule has 0 radical (unpaired) electrons. The van der Waals surface area contributed by atoms with Crippen molar-refractivity contribution in [3.63, 3.8) is 0 Å². The number of Topliss-reactive ketones (excluding diaryl/α,β-unsaturated/α-hetero) is 1. The number of carbonyl (C=O) groups excluding carboxylic acids is 1. The van der Waals surface area contributed by atoms with E-state index >= 15 is 0 Å². The molecule has 0 aromatic carbocycles. The molecule has 14 heavy (non-hydrogen) atoms. The molecule has 0 spiro atoms. The van der Waals surface area contributed by atoms with Crippen molar-refractivity contribution in [1.82, 2.24) is 5.32 Å². The highest BCUT2D eigenvalue weighted by molar-refractivity contribution is 5.80. The van der Waals surface area contributed by atoms with Crippen molar-refractivity contribution >= 4 is 5.78 Å². The van der Waals surface area contributed by atoms with Gasteiger partial charge in [-0.1, -0.05) is 20.4 Å². The summed E-state index contributed by atoms with van der Waals surface area (Å²) in [5.41, 5.74) is 5.43. The van der Waals surface area contributed by atoms with Crippen LogP contribution in [0.4, 0.5) is 0 Å². The van der Waals surface area contributed by atoms with Crippen LogP contribution in [0.3, 0.4) is 0 Å². The van der Waals surface area contributed by atoms with Gasteiger partial charge in [-0.15, -0.1) is 0 Å². The summed E-state index contributed by atoms with van der Waals surface area (Å²) in [5, 5.41) is 3.09. The lowest BCUT2D eigenvalue weighted by molar-refractivity contribution is -0.122. The van der Waals surface area contributed by atoms with E-state index in [0.717, 1.165) is 12.8 Å². The molecule has 3 heteroatoms. The molecule has 82 valence electrons. The standard InChI is InChI=1S/C11H22N2O/c1-4-13-10(6-5-7-12)8-11(14)9(2)3/h4,9-10,13H,1,5-8,12H2,2-3H3. The first-order valence-electron chi connectivity index (χ1n) is 5.21. The highest BCUT2D eigenvalue weighted by atomic mass is 16.1. The average Bonchev–Trinajstić information content (AvgIpc) is 2.14. The van der Waals surface area contributed by atoms with Crippen LogP contribution in [0.25, 0.3) is 0 Å². The Morgan fingerprint density at radius 1 is 1.57 bits per heavy atom. The zero-order valence-electron chi connectivity index (χ0n) is 9.25. The maximum absolute atomic E-state index is 11.5. The van der Waals surface area contributed by atoms with E-state index in [1.807, 2.05) is 13.8 Å². The van der Waals surface area contributed by atoms with Gasteiger partial charge in [-0.3, -0.25) is 4.79 Å². The van der Waals surface area contributed by atoms with Crippen molar-refractivity contribution < 1.29 is 4.79 Å². The number of ketones is 1. The number of carbonyl (C=O) groups is 1. The summed E-state index contributed by atoms with van der Waals surface area (Å²) in [5.74, 6) is 0.406.